The molecular formula is C44H79N9O20S2. The lowest BCUT2D eigenvalue weighted by Crippen LogP contribution is -2.57. The van der Waals surface area contributed by atoms with Gasteiger partial charge in [0.25, 0.3) is 0 Å². The average Bonchev–Trinajstić information content (AvgIpc) is 3.35. The Morgan fingerprint density at radius 2 is 0.787 bits per heavy atom. The molecule has 29 nitrogen and oxygen atoms in total. The van der Waals surface area contributed by atoms with Gasteiger partial charge < -0.3 is 86.9 Å². The molecule has 3 aliphatic heterocycles. The number of ether oxygens (including phenoxy) is 2. The third-order valence-corrected chi connectivity index (χ3v) is 14.7. The Labute approximate surface area is 443 Å². The first kappa shape index (κ1) is 65.7. The lowest BCUT2D eigenvalue weighted by molar-refractivity contribution is -0.205. The number of aliphatic carboxylic acids is 3. The smallest absolute Gasteiger partial charge is 0.317 e. The van der Waals surface area contributed by atoms with E-state index < -0.39 is 96.7 Å². The molecule has 0 saturated carbocycles. The van der Waals surface area contributed by atoms with E-state index in [1.165, 1.54) is 0 Å². The molecule has 0 aliphatic carbocycles. The number of hydrogen-bond acceptors (Lipinski definition) is 24. The van der Waals surface area contributed by atoms with E-state index in [0.717, 1.165) is 23.5 Å². The number of hydrogen-bond donors (Lipinski definition) is 15. The lowest BCUT2D eigenvalue weighted by atomic mass is 10.0. The van der Waals surface area contributed by atoms with Crippen LogP contribution in [0.2, 0.25) is 0 Å². The number of rotatable bonds is 31. The highest BCUT2D eigenvalue weighted by Crippen LogP contribution is 2.30. The second kappa shape index (κ2) is 35.7. The van der Waals surface area contributed by atoms with Crippen molar-refractivity contribution < 1.29 is 99.2 Å². The lowest BCUT2D eigenvalue weighted by Gasteiger charge is -2.39. The fourth-order valence-corrected chi connectivity index (χ4v) is 10.4. The Bertz CT molecular complexity index is 1680. The molecule has 0 aromatic carbocycles. The summed E-state index contributed by atoms with van der Waals surface area (Å²) >= 11 is 2.09. The molecule has 0 radical (unpaired) electrons. The van der Waals surface area contributed by atoms with Crippen molar-refractivity contribution in [1.29, 1.82) is 0 Å². The zero-order valence-electron chi connectivity index (χ0n) is 42.0. The standard InChI is InChI=1S/C44H79N9O20S2/c54-26-28-37(66)39(68)41(70)43(72-28)74-19-3-30(56)45-5-1-9-49(10-2-6-46-31(57)4-20-75-44-42(71)40(69)38(67)29(27-55)73-44)21-32(58)47-7-8-48-33(59)22-50-11-13-51(23-34(60)61)15-17-53(25-36(64)65)18-16-52(14-12-50)24-35(62)63/h28-29,37-44,54-55,66-71H,1-27H2,(H,45,56)(H,46,57)(H,47,58)(H,48,59)(H,60,61)(H,62,63)(H,64,65)/t28-,29-,37-,38-,39+,40+,41-,42-,43+,44+/m1/s1. The predicted octanol–water partition coefficient (Wildman–Crippen LogP) is -8.14. The van der Waals surface area contributed by atoms with E-state index in [9.17, 15) is 89.7 Å². The summed E-state index contributed by atoms with van der Waals surface area (Å²) in [6, 6.07) is 0. The number of carbonyl (C=O) groups excluding carboxylic acids is 4. The maximum atomic E-state index is 13.2. The van der Waals surface area contributed by atoms with Gasteiger partial charge in [-0.2, -0.15) is 0 Å². The summed E-state index contributed by atoms with van der Waals surface area (Å²) in [5, 5.41) is 119. The van der Waals surface area contributed by atoms with Gasteiger partial charge in [0.05, 0.1) is 45.9 Å². The van der Waals surface area contributed by atoms with Gasteiger partial charge in [0, 0.05) is 116 Å². The molecule has 0 aromatic rings. The molecule has 3 aliphatic rings. The maximum absolute atomic E-state index is 13.2. The maximum Gasteiger partial charge on any atom is 0.317 e. The zero-order chi connectivity index (χ0) is 55.5. The van der Waals surface area contributed by atoms with Gasteiger partial charge in [0.2, 0.25) is 23.6 Å². The molecule has 4 amide bonds. The van der Waals surface area contributed by atoms with E-state index in [4.69, 9.17) is 9.47 Å². The molecular weight excluding hydrogens is 1040 g/mol. The van der Waals surface area contributed by atoms with Crippen LogP contribution in [0.5, 0.6) is 0 Å². The number of carbonyl (C=O) groups is 7. The van der Waals surface area contributed by atoms with E-state index in [0.29, 0.717) is 25.9 Å². The van der Waals surface area contributed by atoms with Crippen LogP contribution in [0.3, 0.4) is 0 Å². The van der Waals surface area contributed by atoms with E-state index >= 15 is 0 Å². The molecule has 15 N–H and O–H groups in total. The summed E-state index contributed by atoms with van der Waals surface area (Å²) in [5.41, 5.74) is -1.96. The van der Waals surface area contributed by atoms with Crippen molar-refractivity contribution in [3.05, 3.63) is 0 Å². The monoisotopic (exact) mass is 1120 g/mol. The zero-order valence-corrected chi connectivity index (χ0v) is 43.6. The average molecular weight is 1120 g/mol. The summed E-state index contributed by atoms with van der Waals surface area (Å²) in [7, 11) is 0. The van der Waals surface area contributed by atoms with Gasteiger partial charge >= 0.3 is 17.9 Å². The van der Waals surface area contributed by atoms with Crippen LogP contribution >= 0.6 is 23.5 Å². The summed E-state index contributed by atoms with van der Waals surface area (Å²) < 4.78 is 10.9. The summed E-state index contributed by atoms with van der Waals surface area (Å²) in [4.78, 5) is 94.8. The van der Waals surface area contributed by atoms with Crippen molar-refractivity contribution in [2.45, 2.75) is 85.4 Å². The number of nitrogens with one attached hydrogen (secondary N) is 4. The Balaban J connectivity index is 1.50. The topological polar surface area (TPSA) is 425 Å². The van der Waals surface area contributed by atoms with Crippen LogP contribution < -0.4 is 21.3 Å². The highest BCUT2D eigenvalue weighted by molar-refractivity contribution is 8.00. The minimum absolute atomic E-state index is 0.0223. The van der Waals surface area contributed by atoms with Crippen LogP contribution in [0.4, 0.5) is 0 Å². The molecule has 31 heteroatoms. The Morgan fingerprint density at radius 3 is 1.13 bits per heavy atom. The second-order valence-corrected chi connectivity index (χ2v) is 20.7. The van der Waals surface area contributed by atoms with E-state index in [-0.39, 0.29) is 153 Å². The first-order valence-corrected chi connectivity index (χ1v) is 27.0. The molecule has 0 unspecified atom stereocenters. The van der Waals surface area contributed by atoms with Crippen molar-refractivity contribution in [3.8, 4) is 0 Å². The molecule has 0 spiro atoms. The van der Waals surface area contributed by atoms with Gasteiger partial charge in [-0.25, -0.2) is 0 Å². The van der Waals surface area contributed by atoms with Crippen LogP contribution in [0.1, 0.15) is 25.7 Å². The van der Waals surface area contributed by atoms with Crippen molar-refractivity contribution >= 4 is 65.1 Å². The number of carboxylic acids is 3. The predicted molar refractivity (Wildman–Crippen MR) is 268 cm³/mol. The molecule has 3 saturated heterocycles. The van der Waals surface area contributed by atoms with E-state index in [1.807, 2.05) is 4.90 Å². The van der Waals surface area contributed by atoms with Crippen molar-refractivity contribution in [2.75, 3.05) is 149 Å². The fraction of sp³-hybridized carbons (Fsp3) is 0.841. The van der Waals surface area contributed by atoms with Gasteiger partial charge in [-0.15, -0.1) is 23.5 Å². The Morgan fingerprint density at radius 1 is 0.453 bits per heavy atom. The molecule has 0 bridgehead atoms. The van der Waals surface area contributed by atoms with Gasteiger partial charge in [-0.1, -0.05) is 0 Å². The largest absolute Gasteiger partial charge is 0.480 e. The molecule has 10 atom stereocenters. The molecule has 75 heavy (non-hydrogen) atoms. The highest BCUT2D eigenvalue weighted by Gasteiger charge is 2.44. The quantitative estimate of drug-likeness (QED) is 0.0287. The van der Waals surface area contributed by atoms with Crippen molar-refractivity contribution in [2.24, 2.45) is 0 Å². The minimum atomic E-state index is -1.54. The number of carboxylic acid groups (broad SMARTS) is 3. The van der Waals surface area contributed by atoms with Gasteiger partial charge in [0.1, 0.15) is 59.7 Å². The van der Waals surface area contributed by atoms with Crippen LogP contribution in [0, 0.1) is 0 Å². The van der Waals surface area contributed by atoms with Gasteiger partial charge in [-0.3, -0.25) is 58.1 Å². The summed E-state index contributed by atoms with van der Waals surface area (Å²) in [5.74, 6) is -4.26. The highest BCUT2D eigenvalue weighted by atomic mass is 32.2. The van der Waals surface area contributed by atoms with Gasteiger partial charge in [0.15, 0.2) is 0 Å². The van der Waals surface area contributed by atoms with Crippen LogP contribution in [0.25, 0.3) is 0 Å². The number of aliphatic hydroxyl groups is 8. The second-order valence-electron chi connectivity index (χ2n) is 18.3. The first-order chi connectivity index (χ1) is 35.7. The summed E-state index contributed by atoms with van der Waals surface area (Å²) in [6.45, 7) is 0.824. The Hall–Kier alpha value is -3.61. The summed E-state index contributed by atoms with van der Waals surface area (Å²) in [6.07, 6.45) is -10.2. The van der Waals surface area contributed by atoms with E-state index in [1.54, 1.807) is 19.6 Å². The van der Waals surface area contributed by atoms with Crippen molar-refractivity contribution in [1.82, 2.24) is 45.8 Å². The third kappa shape index (κ3) is 25.6. The molecule has 3 heterocycles. The van der Waals surface area contributed by atoms with Crippen LogP contribution in [-0.4, -0.2) is 331 Å². The molecule has 3 fully saturated rings. The Kier molecular flexibility index (Phi) is 31.3. The molecule has 432 valence electrons. The molecule has 3 rings (SSSR count). The number of amides is 4. The third-order valence-electron chi connectivity index (χ3n) is 12.4. The van der Waals surface area contributed by atoms with Crippen LogP contribution in [0.15, 0.2) is 0 Å². The van der Waals surface area contributed by atoms with Crippen LogP contribution in [-0.2, 0) is 43.0 Å². The van der Waals surface area contributed by atoms with Crippen molar-refractivity contribution in [3.63, 3.8) is 0 Å². The van der Waals surface area contributed by atoms with Gasteiger partial charge in [-0.05, 0) is 12.8 Å². The molecule has 0 aromatic heterocycles. The fourth-order valence-electron chi connectivity index (χ4n) is 8.16. The first-order valence-electron chi connectivity index (χ1n) is 24.9. The SMILES string of the molecule is O=C(O)CN1CCN(CC(=O)O)CCN(CC(=O)NCCNC(=O)CN(CCCNC(=O)CCS[C@@H]2O[C@H](CO)[C@@H](O)[C@H](O)[C@H]2O)CCCNC(=O)CCS[C@@H]2O[C@H](CO)[C@@H](O)[C@H](O)[C@H]2O)CCN(CC(=O)O)CC1. The number of aliphatic hydroxyl groups excluding tert-OH is 8. The number of nitrogens with zero attached hydrogens (tertiary/aromatic N) is 5. The van der Waals surface area contributed by atoms with E-state index in [2.05, 4.69) is 21.3 Å². The normalized spacial score (nSPS) is 26.9. The minimum Gasteiger partial charge on any atom is -0.480 e. The number of thioether (sulfide) groups is 2.